The third-order valence-electron chi connectivity index (χ3n) is 5.36. The van der Waals surface area contributed by atoms with E-state index in [4.69, 9.17) is 0 Å². The Balaban J connectivity index is 1.51. The number of carbonyl (C=O) groups excluding carboxylic acids is 1. The van der Waals surface area contributed by atoms with E-state index in [0.29, 0.717) is 36.6 Å². The van der Waals surface area contributed by atoms with Crippen molar-refractivity contribution in [1.82, 2.24) is 25.1 Å². The highest BCUT2D eigenvalue weighted by Crippen LogP contribution is 2.32. The van der Waals surface area contributed by atoms with Crippen LogP contribution < -0.4 is 4.90 Å². The van der Waals surface area contributed by atoms with Gasteiger partial charge in [-0.25, -0.2) is 0 Å². The van der Waals surface area contributed by atoms with E-state index in [1.165, 1.54) is 0 Å². The van der Waals surface area contributed by atoms with Crippen LogP contribution in [0.2, 0.25) is 0 Å². The van der Waals surface area contributed by atoms with Crippen LogP contribution >= 0.6 is 0 Å². The number of nitrogens with zero attached hydrogens (tertiary/aromatic N) is 6. The summed E-state index contributed by atoms with van der Waals surface area (Å²) in [7, 11) is 1.68. The van der Waals surface area contributed by atoms with Gasteiger partial charge in [0.05, 0.1) is 5.56 Å². The zero-order valence-electron chi connectivity index (χ0n) is 17.6. The van der Waals surface area contributed by atoms with Crippen molar-refractivity contribution in [2.45, 2.75) is 32.6 Å². The molecule has 7 nitrogen and oxygen atoms in total. The Morgan fingerprint density at radius 3 is 2.62 bits per heavy atom. The molecule has 0 N–H and O–H groups in total. The molecule has 0 bridgehead atoms. The summed E-state index contributed by atoms with van der Waals surface area (Å²) in [5.74, 6) is 0.272. The SMILES string of the molecule is Cc1cc(C(=O)N(C)Cc2ccncc2)nnc1N1CCc2ncc(C(F)(F)F)cc2C1. The Kier molecular flexibility index (Phi) is 5.77. The lowest BCUT2D eigenvalue weighted by molar-refractivity contribution is -0.137. The predicted octanol–water partition coefficient (Wildman–Crippen LogP) is 3.43. The predicted molar refractivity (Wildman–Crippen MR) is 111 cm³/mol. The molecular formula is C22H21F3N6O. The maximum absolute atomic E-state index is 13.1. The molecule has 32 heavy (non-hydrogen) atoms. The molecule has 4 heterocycles. The van der Waals surface area contributed by atoms with Gasteiger partial charge in [-0.2, -0.15) is 13.2 Å². The van der Waals surface area contributed by atoms with Crippen LogP contribution in [0.15, 0.2) is 42.9 Å². The van der Waals surface area contributed by atoms with E-state index >= 15 is 0 Å². The number of aryl methyl sites for hydroxylation is 1. The third kappa shape index (κ3) is 4.53. The number of rotatable bonds is 4. The first kappa shape index (κ1) is 21.7. The summed E-state index contributed by atoms with van der Waals surface area (Å²) >= 11 is 0. The molecule has 1 aliphatic heterocycles. The first-order chi connectivity index (χ1) is 15.2. The Hall–Kier alpha value is -3.56. The van der Waals surface area contributed by atoms with E-state index in [2.05, 4.69) is 20.2 Å². The number of amides is 1. The van der Waals surface area contributed by atoms with E-state index in [1.54, 1.807) is 30.4 Å². The monoisotopic (exact) mass is 442 g/mol. The van der Waals surface area contributed by atoms with Crippen LogP contribution in [0.1, 0.15) is 38.4 Å². The summed E-state index contributed by atoms with van der Waals surface area (Å²) in [4.78, 5) is 24.1. The first-order valence-electron chi connectivity index (χ1n) is 10.0. The molecule has 0 aliphatic carbocycles. The molecule has 1 amide bonds. The first-order valence-corrected chi connectivity index (χ1v) is 10.0. The molecule has 0 saturated heterocycles. The van der Waals surface area contributed by atoms with Gasteiger partial charge >= 0.3 is 6.18 Å². The molecule has 4 rings (SSSR count). The number of anilines is 1. The fraction of sp³-hybridized carbons (Fsp3) is 0.318. The Bertz CT molecular complexity index is 1140. The van der Waals surface area contributed by atoms with Crippen LogP contribution in [-0.2, 0) is 25.7 Å². The Labute approximate surface area is 182 Å². The number of hydrogen-bond donors (Lipinski definition) is 0. The maximum atomic E-state index is 13.1. The zero-order valence-corrected chi connectivity index (χ0v) is 17.6. The summed E-state index contributed by atoms with van der Waals surface area (Å²) in [5.41, 5.74) is 2.29. The zero-order chi connectivity index (χ0) is 22.9. The average molecular weight is 442 g/mol. The van der Waals surface area contributed by atoms with Crippen molar-refractivity contribution in [3.8, 4) is 0 Å². The number of carbonyl (C=O) groups is 1. The van der Waals surface area contributed by atoms with Crippen LogP contribution in [0.4, 0.5) is 19.0 Å². The Morgan fingerprint density at radius 1 is 1.19 bits per heavy atom. The lowest BCUT2D eigenvalue weighted by Crippen LogP contribution is -2.33. The third-order valence-corrected chi connectivity index (χ3v) is 5.36. The summed E-state index contributed by atoms with van der Waals surface area (Å²) in [6, 6.07) is 6.46. The number of pyridine rings is 2. The van der Waals surface area contributed by atoms with Crippen molar-refractivity contribution in [2.75, 3.05) is 18.5 Å². The van der Waals surface area contributed by atoms with Crippen molar-refractivity contribution in [3.63, 3.8) is 0 Å². The second-order valence-electron chi connectivity index (χ2n) is 7.75. The molecule has 0 unspecified atom stereocenters. The molecule has 3 aromatic rings. The van der Waals surface area contributed by atoms with Crippen molar-refractivity contribution in [3.05, 3.63) is 76.5 Å². The molecule has 0 spiro atoms. The molecule has 0 saturated carbocycles. The summed E-state index contributed by atoms with van der Waals surface area (Å²) < 4.78 is 39.2. The molecular weight excluding hydrogens is 421 g/mol. The van der Waals surface area contributed by atoms with Gasteiger partial charge in [0.2, 0.25) is 0 Å². The molecule has 0 radical (unpaired) electrons. The van der Waals surface area contributed by atoms with Gasteiger partial charge in [-0.05, 0) is 47.9 Å². The smallest absolute Gasteiger partial charge is 0.350 e. The minimum Gasteiger partial charge on any atom is -0.350 e. The van der Waals surface area contributed by atoms with Crippen molar-refractivity contribution in [1.29, 1.82) is 0 Å². The highest BCUT2D eigenvalue weighted by molar-refractivity contribution is 5.92. The molecule has 0 aromatic carbocycles. The number of alkyl halides is 3. The fourth-order valence-corrected chi connectivity index (χ4v) is 3.69. The number of hydrogen-bond acceptors (Lipinski definition) is 6. The van der Waals surface area contributed by atoms with Gasteiger partial charge in [0.15, 0.2) is 11.5 Å². The molecule has 10 heteroatoms. The summed E-state index contributed by atoms with van der Waals surface area (Å²) in [6.45, 7) is 3.01. The van der Waals surface area contributed by atoms with Gasteiger partial charge in [0.1, 0.15) is 0 Å². The van der Waals surface area contributed by atoms with E-state index in [-0.39, 0.29) is 18.1 Å². The van der Waals surface area contributed by atoms with E-state index in [9.17, 15) is 18.0 Å². The molecule has 0 atom stereocenters. The topological polar surface area (TPSA) is 75.1 Å². The van der Waals surface area contributed by atoms with Gasteiger partial charge in [-0.3, -0.25) is 14.8 Å². The van der Waals surface area contributed by atoms with Crippen LogP contribution in [0, 0.1) is 6.92 Å². The molecule has 3 aromatic heterocycles. The normalized spacial score (nSPS) is 13.6. The molecule has 1 aliphatic rings. The second kappa shape index (κ2) is 8.52. The van der Waals surface area contributed by atoms with Crippen molar-refractivity contribution in [2.24, 2.45) is 0 Å². The lowest BCUT2D eigenvalue weighted by Gasteiger charge is -2.30. The number of aromatic nitrogens is 4. The molecule has 0 fully saturated rings. The van der Waals surface area contributed by atoms with Gasteiger partial charge < -0.3 is 9.80 Å². The maximum Gasteiger partial charge on any atom is 0.417 e. The van der Waals surface area contributed by atoms with Gasteiger partial charge in [0.25, 0.3) is 5.91 Å². The number of fused-ring (bicyclic) bond motifs is 1. The van der Waals surface area contributed by atoms with E-state index in [1.807, 2.05) is 24.0 Å². The molecule has 166 valence electrons. The average Bonchev–Trinajstić information content (AvgIpc) is 2.77. The minimum absolute atomic E-state index is 0.209. The van der Waals surface area contributed by atoms with Gasteiger partial charge in [0, 0.05) is 57.4 Å². The minimum atomic E-state index is -4.44. The van der Waals surface area contributed by atoms with Crippen molar-refractivity contribution >= 4 is 11.7 Å². The largest absolute Gasteiger partial charge is 0.417 e. The van der Waals surface area contributed by atoms with Crippen LogP contribution in [0.5, 0.6) is 0 Å². The quantitative estimate of drug-likeness (QED) is 0.616. The Morgan fingerprint density at radius 2 is 1.94 bits per heavy atom. The van der Waals surface area contributed by atoms with Crippen LogP contribution in [0.25, 0.3) is 0 Å². The fourth-order valence-electron chi connectivity index (χ4n) is 3.69. The van der Waals surface area contributed by atoms with Crippen LogP contribution in [-0.4, -0.2) is 44.6 Å². The standard InChI is InChI=1S/C22H21F3N6O/c1-14-9-19(21(32)30(2)12-15-3-6-26-7-4-15)28-29-20(14)31-8-5-18-16(13-31)10-17(11-27-18)22(23,24)25/h3-4,6-7,9-11H,5,8,12-13H2,1-2H3. The lowest BCUT2D eigenvalue weighted by atomic mass is 10.0. The number of halogens is 3. The van der Waals surface area contributed by atoms with Crippen LogP contribution in [0.3, 0.4) is 0 Å². The van der Waals surface area contributed by atoms with E-state index < -0.39 is 11.7 Å². The summed E-state index contributed by atoms with van der Waals surface area (Å²) in [6.07, 6.45) is 0.267. The van der Waals surface area contributed by atoms with Crippen molar-refractivity contribution < 1.29 is 18.0 Å². The van der Waals surface area contributed by atoms with Gasteiger partial charge in [-0.15, -0.1) is 10.2 Å². The summed E-state index contributed by atoms with van der Waals surface area (Å²) in [5, 5.41) is 8.33. The van der Waals surface area contributed by atoms with Gasteiger partial charge in [-0.1, -0.05) is 0 Å². The highest BCUT2D eigenvalue weighted by Gasteiger charge is 2.32. The van der Waals surface area contributed by atoms with E-state index in [0.717, 1.165) is 23.4 Å². The highest BCUT2D eigenvalue weighted by atomic mass is 19.4. The second-order valence-corrected chi connectivity index (χ2v) is 7.75.